The van der Waals surface area contributed by atoms with E-state index >= 15 is 0 Å². The Balaban J connectivity index is 2.13. The lowest BCUT2D eigenvalue weighted by Crippen LogP contribution is -2.40. The van der Waals surface area contributed by atoms with Crippen molar-refractivity contribution in [3.63, 3.8) is 0 Å². The van der Waals surface area contributed by atoms with Gasteiger partial charge in [0.25, 0.3) is 0 Å². The molecule has 0 aliphatic carbocycles. The van der Waals surface area contributed by atoms with Gasteiger partial charge in [-0.25, -0.2) is 4.98 Å². The van der Waals surface area contributed by atoms with E-state index in [2.05, 4.69) is 48.1 Å². The van der Waals surface area contributed by atoms with Crippen molar-refractivity contribution in [3.8, 4) is 0 Å². The van der Waals surface area contributed by atoms with E-state index in [1.807, 2.05) is 6.20 Å². The lowest BCUT2D eigenvalue weighted by atomic mass is 9.93. The van der Waals surface area contributed by atoms with Crippen LogP contribution < -0.4 is 10.2 Å². The molecule has 2 unspecified atom stereocenters. The Morgan fingerprint density at radius 3 is 3.00 bits per heavy atom. The third-order valence-electron chi connectivity index (χ3n) is 3.57. The summed E-state index contributed by atoms with van der Waals surface area (Å²) in [6.07, 6.45) is 4.49. The smallest absolute Gasteiger partial charge is 0.127 e. The first-order chi connectivity index (χ1) is 8.20. The fourth-order valence-corrected chi connectivity index (χ4v) is 2.67. The Morgan fingerprint density at radius 2 is 2.29 bits per heavy atom. The van der Waals surface area contributed by atoms with Gasteiger partial charge < -0.3 is 10.2 Å². The summed E-state index contributed by atoms with van der Waals surface area (Å²) in [5.41, 5.74) is 1.30. The number of piperidine rings is 1. The van der Waals surface area contributed by atoms with Gasteiger partial charge in [0.05, 0.1) is 0 Å². The Labute approximate surface area is 104 Å². The highest BCUT2D eigenvalue weighted by molar-refractivity contribution is 5.54. The van der Waals surface area contributed by atoms with Crippen molar-refractivity contribution in [1.29, 1.82) is 0 Å². The van der Waals surface area contributed by atoms with Gasteiger partial charge in [0, 0.05) is 37.1 Å². The number of nitrogens with zero attached hydrogens (tertiary/aromatic N) is 2. The van der Waals surface area contributed by atoms with Crippen LogP contribution in [0.2, 0.25) is 0 Å². The highest BCUT2D eigenvalue weighted by Gasteiger charge is 2.23. The van der Waals surface area contributed by atoms with Crippen LogP contribution in [0.15, 0.2) is 18.3 Å². The zero-order valence-electron chi connectivity index (χ0n) is 11.1. The van der Waals surface area contributed by atoms with Gasteiger partial charge in [-0.05, 0) is 38.7 Å². The number of pyridine rings is 1. The van der Waals surface area contributed by atoms with Crippen LogP contribution >= 0.6 is 0 Å². The number of hydrogen-bond donors (Lipinski definition) is 1. The first kappa shape index (κ1) is 12.2. The highest BCUT2D eigenvalue weighted by atomic mass is 15.2. The Kier molecular flexibility index (Phi) is 3.87. The molecule has 1 aliphatic rings. The van der Waals surface area contributed by atoms with Gasteiger partial charge in [-0.2, -0.15) is 0 Å². The summed E-state index contributed by atoms with van der Waals surface area (Å²) in [4.78, 5) is 6.83. The van der Waals surface area contributed by atoms with Crippen molar-refractivity contribution < 1.29 is 0 Å². The summed E-state index contributed by atoms with van der Waals surface area (Å²) >= 11 is 0. The van der Waals surface area contributed by atoms with Crippen molar-refractivity contribution in [2.24, 2.45) is 5.92 Å². The van der Waals surface area contributed by atoms with Gasteiger partial charge in [-0.15, -0.1) is 0 Å². The Hall–Kier alpha value is -1.25. The molecule has 2 atom stereocenters. The SMILES string of the molecule is CCNc1cc(N2CCC(C)CC2C)ccn1. The summed E-state index contributed by atoms with van der Waals surface area (Å²) in [5.74, 6) is 1.84. The number of aromatic nitrogens is 1. The molecule has 1 aromatic heterocycles. The van der Waals surface area contributed by atoms with E-state index in [0.717, 1.165) is 24.8 Å². The predicted octanol–water partition coefficient (Wildman–Crippen LogP) is 3.14. The quantitative estimate of drug-likeness (QED) is 0.869. The first-order valence-electron chi connectivity index (χ1n) is 6.67. The van der Waals surface area contributed by atoms with Crippen LogP contribution in [0.3, 0.4) is 0 Å². The third-order valence-corrected chi connectivity index (χ3v) is 3.57. The number of rotatable bonds is 3. The highest BCUT2D eigenvalue weighted by Crippen LogP contribution is 2.28. The largest absolute Gasteiger partial charge is 0.370 e. The molecule has 17 heavy (non-hydrogen) atoms. The summed E-state index contributed by atoms with van der Waals surface area (Å²) in [6, 6.07) is 4.92. The molecule has 0 bridgehead atoms. The Morgan fingerprint density at radius 1 is 1.47 bits per heavy atom. The minimum absolute atomic E-state index is 0.635. The average molecular weight is 233 g/mol. The molecule has 94 valence electrons. The van der Waals surface area contributed by atoms with E-state index in [9.17, 15) is 0 Å². The van der Waals surface area contributed by atoms with Crippen LogP contribution in [0.4, 0.5) is 11.5 Å². The minimum atomic E-state index is 0.635. The van der Waals surface area contributed by atoms with E-state index in [0.29, 0.717) is 6.04 Å². The van der Waals surface area contributed by atoms with Gasteiger partial charge in [-0.1, -0.05) is 6.92 Å². The fourth-order valence-electron chi connectivity index (χ4n) is 2.67. The van der Waals surface area contributed by atoms with Crippen LogP contribution in [0.25, 0.3) is 0 Å². The van der Waals surface area contributed by atoms with Crippen LogP contribution in [0.5, 0.6) is 0 Å². The number of anilines is 2. The molecule has 3 nitrogen and oxygen atoms in total. The summed E-state index contributed by atoms with van der Waals surface area (Å²) in [5, 5.41) is 3.27. The van der Waals surface area contributed by atoms with Crippen LogP contribution in [0, 0.1) is 5.92 Å². The number of nitrogens with one attached hydrogen (secondary N) is 1. The van der Waals surface area contributed by atoms with Gasteiger partial charge in [0.1, 0.15) is 5.82 Å². The van der Waals surface area contributed by atoms with Crippen molar-refractivity contribution >= 4 is 11.5 Å². The maximum absolute atomic E-state index is 4.33. The zero-order valence-corrected chi connectivity index (χ0v) is 11.1. The van der Waals surface area contributed by atoms with Gasteiger partial charge in [-0.3, -0.25) is 0 Å². The maximum atomic E-state index is 4.33. The van der Waals surface area contributed by atoms with Gasteiger partial charge >= 0.3 is 0 Å². The Bertz CT molecular complexity index is 364. The van der Waals surface area contributed by atoms with Crippen molar-refractivity contribution in [2.75, 3.05) is 23.3 Å². The molecule has 0 spiro atoms. The molecule has 2 rings (SSSR count). The molecule has 3 heteroatoms. The standard InChI is InChI=1S/C14H23N3/c1-4-15-14-10-13(5-7-16-14)17-8-6-11(2)9-12(17)3/h5,7,10-12H,4,6,8-9H2,1-3H3,(H,15,16). The zero-order chi connectivity index (χ0) is 12.3. The normalized spacial score (nSPS) is 24.8. The van der Waals surface area contributed by atoms with E-state index in [4.69, 9.17) is 0 Å². The summed E-state index contributed by atoms with van der Waals surface area (Å²) < 4.78 is 0. The lowest BCUT2D eigenvalue weighted by molar-refractivity contribution is 0.378. The second-order valence-corrected chi connectivity index (χ2v) is 5.10. The van der Waals surface area contributed by atoms with Gasteiger partial charge in [0.2, 0.25) is 0 Å². The van der Waals surface area contributed by atoms with Crippen LogP contribution in [-0.2, 0) is 0 Å². The second kappa shape index (κ2) is 5.39. The van der Waals surface area contributed by atoms with E-state index < -0.39 is 0 Å². The molecule has 2 heterocycles. The fraction of sp³-hybridized carbons (Fsp3) is 0.643. The second-order valence-electron chi connectivity index (χ2n) is 5.10. The molecule has 0 aromatic carbocycles. The predicted molar refractivity (Wildman–Crippen MR) is 73.6 cm³/mol. The lowest BCUT2D eigenvalue weighted by Gasteiger charge is -2.38. The van der Waals surface area contributed by atoms with Gasteiger partial charge in [0.15, 0.2) is 0 Å². The number of hydrogen-bond acceptors (Lipinski definition) is 3. The average Bonchev–Trinajstić information content (AvgIpc) is 2.29. The summed E-state index contributed by atoms with van der Waals surface area (Å²) in [6.45, 7) is 8.86. The summed E-state index contributed by atoms with van der Waals surface area (Å²) in [7, 11) is 0. The minimum Gasteiger partial charge on any atom is -0.370 e. The van der Waals surface area contributed by atoms with E-state index in [1.54, 1.807) is 0 Å². The molecule has 1 aromatic rings. The monoisotopic (exact) mass is 233 g/mol. The molecule has 1 N–H and O–H groups in total. The molecule has 1 saturated heterocycles. The third kappa shape index (κ3) is 2.90. The molecule has 0 radical (unpaired) electrons. The molecular weight excluding hydrogens is 210 g/mol. The first-order valence-corrected chi connectivity index (χ1v) is 6.67. The topological polar surface area (TPSA) is 28.2 Å². The molecule has 0 saturated carbocycles. The molecule has 0 amide bonds. The van der Waals surface area contributed by atoms with Crippen LogP contribution in [-0.4, -0.2) is 24.1 Å². The van der Waals surface area contributed by atoms with E-state index in [-0.39, 0.29) is 0 Å². The molecular formula is C14H23N3. The van der Waals surface area contributed by atoms with Crippen molar-refractivity contribution in [1.82, 2.24) is 4.98 Å². The van der Waals surface area contributed by atoms with Crippen LogP contribution in [0.1, 0.15) is 33.6 Å². The van der Waals surface area contributed by atoms with Crippen molar-refractivity contribution in [2.45, 2.75) is 39.7 Å². The molecule has 1 fully saturated rings. The molecule has 1 aliphatic heterocycles. The van der Waals surface area contributed by atoms with E-state index in [1.165, 1.54) is 18.5 Å². The van der Waals surface area contributed by atoms with Crippen molar-refractivity contribution in [3.05, 3.63) is 18.3 Å². The maximum Gasteiger partial charge on any atom is 0.127 e.